The first-order valence-electron chi connectivity index (χ1n) is 10.0. The summed E-state index contributed by atoms with van der Waals surface area (Å²) in [7, 11) is -3.88. The van der Waals surface area contributed by atoms with Crippen molar-refractivity contribution in [3.63, 3.8) is 0 Å². The Labute approximate surface area is 191 Å². The van der Waals surface area contributed by atoms with Crippen molar-refractivity contribution < 1.29 is 17.6 Å². The van der Waals surface area contributed by atoms with Crippen LogP contribution in [0.1, 0.15) is 24.4 Å². The normalized spacial score (nSPS) is 19.2. The number of rotatable bonds is 6. The van der Waals surface area contributed by atoms with Crippen molar-refractivity contribution in [2.24, 2.45) is 0 Å². The van der Waals surface area contributed by atoms with Crippen molar-refractivity contribution in [3.05, 3.63) is 63.9 Å². The minimum absolute atomic E-state index is 0.0722. The van der Waals surface area contributed by atoms with E-state index < -0.39 is 16.1 Å². The molecule has 0 unspecified atom stereocenters. The molecule has 1 aliphatic carbocycles. The van der Waals surface area contributed by atoms with E-state index in [-0.39, 0.29) is 45.8 Å². The largest absolute Gasteiger partial charge is 0.352 e. The third kappa shape index (κ3) is 4.88. The van der Waals surface area contributed by atoms with Crippen molar-refractivity contribution in [1.82, 2.24) is 14.5 Å². The number of hydrogen-bond donors (Lipinski definition) is 1. The average molecular weight is 486 g/mol. The predicted molar refractivity (Wildman–Crippen MR) is 117 cm³/mol. The fourth-order valence-electron chi connectivity index (χ4n) is 3.74. The van der Waals surface area contributed by atoms with E-state index in [4.69, 9.17) is 23.2 Å². The van der Waals surface area contributed by atoms with Crippen molar-refractivity contribution in [2.75, 3.05) is 26.2 Å². The number of hydrogen-bond acceptors (Lipinski definition) is 4. The molecule has 1 aliphatic heterocycles. The second kappa shape index (κ2) is 9.03. The first kappa shape index (κ1) is 22.5. The molecule has 1 N–H and O–H groups in total. The summed E-state index contributed by atoms with van der Waals surface area (Å²) < 4.78 is 41.0. The van der Waals surface area contributed by atoms with Crippen molar-refractivity contribution in [3.8, 4) is 0 Å². The molecule has 31 heavy (non-hydrogen) atoms. The van der Waals surface area contributed by atoms with E-state index >= 15 is 0 Å². The summed E-state index contributed by atoms with van der Waals surface area (Å²) in [6, 6.07) is 9.98. The SMILES string of the molecule is O=C(NC1CC1)[C@@H](c1ccc(F)cc1)N1CCN(S(=O)(=O)c2c(Cl)cccc2Cl)CC1. The topological polar surface area (TPSA) is 69.7 Å². The van der Waals surface area contributed by atoms with Crippen LogP contribution in [0, 0.1) is 5.82 Å². The highest BCUT2D eigenvalue weighted by atomic mass is 35.5. The number of piperazine rings is 1. The first-order chi connectivity index (χ1) is 14.8. The van der Waals surface area contributed by atoms with Gasteiger partial charge in [0.15, 0.2) is 0 Å². The van der Waals surface area contributed by atoms with Gasteiger partial charge >= 0.3 is 0 Å². The Kier molecular flexibility index (Phi) is 6.55. The molecular formula is C21H22Cl2FN3O3S. The lowest BCUT2D eigenvalue weighted by Gasteiger charge is -2.38. The maximum absolute atomic E-state index is 13.4. The van der Waals surface area contributed by atoms with Gasteiger partial charge in [-0.3, -0.25) is 9.69 Å². The second-order valence-electron chi connectivity index (χ2n) is 7.73. The number of nitrogens with one attached hydrogen (secondary N) is 1. The van der Waals surface area contributed by atoms with E-state index in [1.807, 2.05) is 4.90 Å². The summed E-state index contributed by atoms with van der Waals surface area (Å²) in [6.07, 6.45) is 1.90. The lowest BCUT2D eigenvalue weighted by Crippen LogP contribution is -2.52. The van der Waals surface area contributed by atoms with Gasteiger partial charge in [0.05, 0.1) is 10.0 Å². The Morgan fingerprint density at radius 3 is 2.13 bits per heavy atom. The third-order valence-corrected chi connectivity index (χ3v) is 8.37. The van der Waals surface area contributed by atoms with Crippen LogP contribution in [0.4, 0.5) is 4.39 Å². The number of amides is 1. The van der Waals surface area contributed by atoms with Crippen molar-refractivity contribution in [2.45, 2.75) is 29.8 Å². The number of carbonyl (C=O) groups excluding carboxylic acids is 1. The van der Waals surface area contributed by atoms with E-state index in [0.717, 1.165) is 12.8 Å². The Morgan fingerprint density at radius 1 is 1.00 bits per heavy atom. The van der Waals surface area contributed by atoms with Crippen LogP contribution in [-0.2, 0) is 14.8 Å². The zero-order chi connectivity index (χ0) is 22.2. The molecule has 0 radical (unpaired) electrons. The molecular weight excluding hydrogens is 464 g/mol. The van der Waals surface area contributed by atoms with Gasteiger partial charge in [0.2, 0.25) is 15.9 Å². The zero-order valence-corrected chi connectivity index (χ0v) is 18.9. The predicted octanol–water partition coefficient (Wildman–Crippen LogP) is 3.46. The Morgan fingerprint density at radius 2 is 1.58 bits per heavy atom. The van der Waals surface area contributed by atoms with Gasteiger partial charge < -0.3 is 5.32 Å². The minimum atomic E-state index is -3.88. The van der Waals surface area contributed by atoms with Crippen LogP contribution in [0.5, 0.6) is 0 Å². The highest BCUT2D eigenvalue weighted by Gasteiger charge is 2.37. The number of carbonyl (C=O) groups is 1. The monoisotopic (exact) mass is 485 g/mol. The Bertz CT molecular complexity index is 1050. The maximum atomic E-state index is 13.4. The highest BCUT2D eigenvalue weighted by Crippen LogP contribution is 2.33. The standard InChI is InChI=1S/C21H22Cl2FN3O3S/c22-17-2-1-3-18(23)20(17)31(29,30)27-12-10-26(11-13-27)19(21(28)25-16-8-9-16)14-4-6-15(24)7-5-14/h1-7,16,19H,8-13H2,(H,25,28)/t19-/m1/s1. The molecule has 1 atom stereocenters. The highest BCUT2D eigenvalue weighted by molar-refractivity contribution is 7.89. The molecule has 2 aromatic rings. The minimum Gasteiger partial charge on any atom is -0.352 e. The lowest BCUT2D eigenvalue weighted by molar-refractivity contribution is -0.127. The first-order valence-corrected chi connectivity index (χ1v) is 12.2. The van der Waals surface area contributed by atoms with E-state index in [0.29, 0.717) is 18.7 Å². The van der Waals surface area contributed by atoms with E-state index in [1.54, 1.807) is 18.2 Å². The quantitative estimate of drug-likeness (QED) is 0.679. The van der Waals surface area contributed by atoms with Gasteiger partial charge in [0.1, 0.15) is 16.8 Å². The molecule has 4 rings (SSSR count). The van der Waals surface area contributed by atoms with Gasteiger partial charge in [-0.25, -0.2) is 12.8 Å². The Balaban J connectivity index is 1.53. The smallest absolute Gasteiger partial charge is 0.246 e. The fraction of sp³-hybridized carbons (Fsp3) is 0.381. The van der Waals surface area contributed by atoms with Crippen LogP contribution in [0.25, 0.3) is 0 Å². The molecule has 1 saturated heterocycles. The van der Waals surface area contributed by atoms with E-state index in [2.05, 4.69) is 5.32 Å². The van der Waals surface area contributed by atoms with Gasteiger partial charge in [-0.2, -0.15) is 4.31 Å². The van der Waals surface area contributed by atoms with Crippen LogP contribution in [-0.4, -0.2) is 55.8 Å². The molecule has 1 heterocycles. The van der Waals surface area contributed by atoms with Gasteiger partial charge in [0.25, 0.3) is 0 Å². The van der Waals surface area contributed by atoms with Crippen LogP contribution in [0.2, 0.25) is 10.0 Å². The van der Waals surface area contributed by atoms with Crippen LogP contribution < -0.4 is 5.32 Å². The third-order valence-electron chi connectivity index (χ3n) is 5.51. The number of benzene rings is 2. The summed E-state index contributed by atoms with van der Waals surface area (Å²) in [6.45, 7) is 1.03. The number of sulfonamides is 1. The van der Waals surface area contributed by atoms with Gasteiger partial charge in [0, 0.05) is 32.2 Å². The van der Waals surface area contributed by atoms with Crippen molar-refractivity contribution in [1.29, 1.82) is 0 Å². The van der Waals surface area contributed by atoms with Crippen LogP contribution in [0.3, 0.4) is 0 Å². The van der Waals surface area contributed by atoms with Crippen LogP contribution >= 0.6 is 23.2 Å². The molecule has 2 aliphatic rings. The zero-order valence-electron chi connectivity index (χ0n) is 16.6. The number of halogens is 3. The summed E-state index contributed by atoms with van der Waals surface area (Å²) in [5.41, 5.74) is 0.671. The molecule has 2 aromatic carbocycles. The van der Waals surface area contributed by atoms with Gasteiger partial charge in [-0.1, -0.05) is 41.4 Å². The summed E-state index contributed by atoms with van der Waals surface area (Å²) in [5.74, 6) is -0.530. The second-order valence-corrected chi connectivity index (χ2v) is 10.4. The van der Waals surface area contributed by atoms with E-state index in [9.17, 15) is 17.6 Å². The summed E-state index contributed by atoms with van der Waals surface area (Å²) in [4.78, 5) is 14.8. The summed E-state index contributed by atoms with van der Waals surface area (Å²) >= 11 is 12.2. The molecule has 166 valence electrons. The van der Waals surface area contributed by atoms with Crippen LogP contribution in [0.15, 0.2) is 47.4 Å². The maximum Gasteiger partial charge on any atom is 0.246 e. The Hall–Kier alpha value is -1.71. The molecule has 6 nitrogen and oxygen atoms in total. The molecule has 0 aromatic heterocycles. The molecule has 10 heteroatoms. The fourth-order valence-corrected chi connectivity index (χ4v) is 6.25. The van der Waals surface area contributed by atoms with Crippen molar-refractivity contribution >= 4 is 39.1 Å². The molecule has 0 bridgehead atoms. The lowest BCUT2D eigenvalue weighted by atomic mass is 10.0. The number of nitrogens with zero attached hydrogens (tertiary/aromatic N) is 2. The molecule has 2 fully saturated rings. The van der Waals surface area contributed by atoms with Gasteiger partial charge in [-0.05, 0) is 42.7 Å². The average Bonchev–Trinajstić information content (AvgIpc) is 3.54. The molecule has 1 amide bonds. The van der Waals surface area contributed by atoms with E-state index in [1.165, 1.54) is 28.6 Å². The molecule has 1 saturated carbocycles. The summed E-state index contributed by atoms with van der Waals surface area (Å²) in [5, 5.41) is 3.15. The molecule has 0 spiro atoms. The van der Waals surface area contributed by atoms with Gasteiger partial charge in [-0.15, -0.1) is 0 Å².